The van der Waals surface area contributed by atoms with Crippen LogP contribution in [0.25, 0.3) is 0 Å². The zero-order valence-corrected chi connectivity index (χ0v) is 11.3. The minimum atomic E-state index is -0.200. The van der Waals surface area contributed by atoms with Gasteiger partial charge in [0.25, 0.3) is 0 Å². The number of rotatable bonds is 10. The van der Waals surface area contributed by atoms with Crippen LogP contribution in [-0.4, -0.2) is 50.4 Å². The van der Waals surface area contributed by atoms with Crippen LogP contribution in [0.5, 0.6) is 0 Å². The van der Waals surface area contributed by atoms with Gasteiger partial charge in [-0.1, -0.05) is 6.92 Å². The van der Waals surface area contributed by atoms with Crippen LogP contribution in [0.2, 0.25) is 0 Å². The van der Waals surface area contributed by atoms with Gasteiger partial charge in [-0.25, -0.2) is 0 Å². The molecule has 0 aromatic carbocycles. The lowest BCUT2D eigenvalue weighted by Gasteiger charge is -2.16. The average molecular weight is 249 g/mol. The molecule has 0 aliphatic heterocycles. The summed E-state index contributed by atoms with van der Waals surface area (Å²) < 4.78 is 9.95. The van der Waals surface area contributed by atoms with E-state index in [2.05, 4.69) is 12.2 Å². The molecule has 16 heavy (non-hydrogen) atoms. The van der Waals surface area contributed by atoms with E-state index in [1.807, 2.05) is 18.7 Å². The normalized spacial score (nSPS) is 12.4. The Morgan fingerprint density at radius 1 is 1.44 bits per heavy atom. The molecule has 0 spiro atoms. The molecule has 0 radical (unpaired) electrons. The van der Waals surface area contributed by atoms with Crippen molar-refractivity contribution in [2.75, 3.05) is 38.4 Å². The molecule has 96 valence electrons. The molecule has 0 aliphatic carbocycles. The lowest BCUT2D eigenvalue weighted by molar-refractivity contribution is -0.145. The Morgan fingerprint density at radius 2 is 2.19 bits per heavy atom. The number of carbonyl (C=O) groups excluding carboxylic acids is 1. The average Bonchev–Trinajstić information content (AvgIpc) is 2.28. The highest BCUT2D eigenvalue weighted by Crippen LogP contribution is 2.05. The van der Waals surface area contributed by atoms with Crippen LogP contribution in [0, 0.1) is 0 Å². The Bertz CT molecular complexity index is 169. The molecule has 0 bridgehead atoms. The topological polar surface area (TPSA) is 47.6 Å². The van der Waals surface area contributed by atoms with E-state index in [-0.39, 0.29) is 12.0 Å². The number of hydrogen-bond donors (Lipinski definition) is 1. The predicted molar refractivity (Wildman–Crippen MR) is 67.9 cm³/mol. The van der Waals surface area contributed by atoms with Crippen molar-refractivity contribution in [1.29, 1.82) is 0 Å². The highest BCUT2D eigenvalue weighted by Gasteiger charge is 2.18. The largest absolute Gasteiger partial charge is 0.465 e. The molecule has 1 unspecified atom stereocenters. The maximum atomic E-state index is 11.6. The molecule has 4 nitrogen and oxygen atoms in total. The molecular formula is C11H23NO3S. The number of nitrogens with one attached hydrogen (secondary N) is 1. The van der Waals surface area contributed by atoms with Gasteiger partial charge in [0.15, 0.2) is 0 Å². The molecular weight excluding hydrogens is 226 g/mol. The molecule has 5 heteroatoms. The van der Waals surface area contributed by atoms with Crippen LogP contribution in [0.4, 0.5) is 0 Å². The van der Waals surface area contributed by atoms with Gasteiger partial charge in [-0.3, -0.25) is 4.79 Å². The molecule has 0 saturated carbocycles. The van der Waals surface area contributed by atoms with Crippen LogP contribution in [-0.2, 0) is 14.3 Å². The van der Waals surface area contributed by atoms with Crippen molar-refractivity contribution in [3.63, 3.8) is 0 Å². The van der Waals surface area contributed by atoms with E-state index in [0.29, 0.717) is 19.8 Å². The third kappa shape index (κ3) is 7.96. The van der Waals surface area contributed by atoms with Crippen LogP contribution < -0.4 is 5.32 Å². The standard InChI is InChI=1S/C11H23NO3S/c1-4-15-11(13)10(6-9-16-5-2)12-7-8-14-3/h10,12H,4-9H2,1-3H3. The second kappa shape index (κ2) is 11.2. The maximum absolute atomic E-state index is 11.6. The Hall–Kier alpha value is -0.260. The first-order chi connectivity index (χ1) is 7.76. The summed E-state index contributed by atoms with van der Waals surface area (Å²) in [5, 5.41) is 3.15. The highest BCUT2D eigenvalue weighted by atomic mass is 32.2. The number of ether oxygens (including phenoxy) is 2. The van der Waals surface area contributed by atoms with Crippen molar-refractivity contribution in [3.05, 3.63) is 0 Å². The SMILES string of the molecule is CCOC(=O)C(CCSCC)NCCOC. The quantitative estimate of drug-likeness (QED) is 0.467. The van der Waals surface area contributed by atoms with Crippen molar-refractivity contribution < 1.29 is 14.3 Å². The molecule has 0 saturated heterocycles. The van der Waals surface area contributed by atoms with Crippen molar-refractivity contribution in [2.45, 2.75) is 26.3 Å². The van der Waals surface area contributed by atoms with Gasteiger partial charge >= 0.3 is 5.97 Å². The zero-order chi connectivity index (χ0) is 12.2. The first-order valence-electron chi connectivity index (χ1n) is 5.72. The fourth-order valence-electron chi connectivity index (χ4n) is 1.23. The molecule has 0 aromatic rings. The summed E-state index contributed by atoms with van der Waals surface area (Å²) in [5.74, 6) is 1.89. The third-order valence-electron chi connectivity index (χ3n) is 2.02. The van der Waals surface area contributed by atoms with Crippen molar-refractivity contribution in [3.8, 4) is 0 Å². The number of carbonyl (C=O) groups is 1. The first kappa shape index (κ1) is 15.7. The summed E-state index contributed by atoms with van der Waals surface area (Å²) in [5.41, 5.74) is 0. The van der Waals surface area contributed by atoms with Crippen LogP contribution in [0.15, 0.2) is 0 Å². The van der Waals surface area contributed by atoms with Crippen LogP contribution in [0.3, 0.4) is 0 Å². The van der Waals surface area contributed by atoms with Gasteiger partial charge in [0.05, 0.1) is 13.2 Å². The summed E-state index contributed by atoms with van der Waals surface area (Å²) in [7, 11) is 1.65. The molecule has 0 aromatic heterocycles. The molecule has 0 aliphatic rings. The van der Waals surface area contributed by atoms with E-state index in [4.69, 9.17) is 9.47 Å². The molecule has 0 heterocycles. The van der Waals surface area contributed by atoms with Gasteiger partial charge in [0.1, 0.15) is 6.04 Å². The van der Waals surface area contributed by atoms with E-state index in [9.17, 15) is 4.79 Å². The third-order valence-corrected chi connectivity index (χ3v) is 2.96. The number of thioether (sulfide) groups is 1. The van der Waals surface area contributed by atoms with Crippen molar-refractivity contribution in [1.82, 2.24) is 5.32 Å². The second-order valence-corrected chi connectivity index (χ2v) is 4.63. The van der Waals surface area contributed by atoms with Crippen molar-refractivity contribution >= 4 is 17.7 Å². The molecule has 0 fully saturated rings. The summed E-state index contributed by atoms with van der Waals surface area (Å²) in [4.78, 5) is 11.6. The van der Waals surface area contributed by atoms with Crippen LogP contribution in [0.1, 0.15) is 20.3 Å². The van der Waals surface area contributed by atoms with Gasteiger partial charge in [-0.15, -0.1) is 0 Å². The highest BCUT2D eigenvalue weighted by molar-refractivity contribution is 7.99. The van der Waals surface area contributed by atoms with E-state index in [1.165, 1.54) is 0 Å². The predicted octanol–water partition coefficient (Wildman–Crippen LogP) is 1.30. The molecule has 0 amide bonds. The molecule has 1 atom stereocenters. The van der Waals surface area contributed by atoms with E-state index in [0.717, 1.165) is 17.9 Å². The Kier molecular flexibility index (Phi) is 11.0. The summed E-state index contributed by atoms with van der Waals surface area (Å²) >= 11 is 1.83. The lowest BCUT2D eigenvalue weighted by atomic mass is 10.2. The fraction of sp³-hybridized carbons (Fsp3) is 0.909. The summed E-state index contributed by atoms with van der Waals surface area (Å²) in [6, 6.07) is -0.200. The maximum Gasteiger partial charge on any atom is 0.323 e. The van der Waals surface area contributed by atoms with E-state index in [1.54, 1.807) is 7.11 Å². The molecule has 1 N–H and O–H groups in total. The lowest BCUT2D eigenvalue weighted by Crippen LogP contribution is -2.40. The van der Waals surface area contributed by atoms with Crippen LogP contribution >= 0.6 is 11.8 Å². The molecule has 0 rings (SSSR count). The van der Waals surface area contributed by atoms with Crippen molar-refractivity contribution in [2.24, 2.45) is 0 Å². The van der Waals surface area contributed by atoms with Gasteiger partial charge in [-0.05, 0) is 24.9 Å². The summed E-state index contributed by atoms with van der Waals surface area (Å²) in [6.45, 7) is 5.66. The monoisotopic (exact) mass is 249 g/mol. The number of esters is 1. The minimum Gasteiger partial charge on any atom is -0.465 e. The van der Waals surface area contributed by atoms with Gasteiger partial charge in [0, 0.05) is 13.7 Å². The minimum absolute atomic E-state index is 0.157. The Labute approximate surface area is 102 Å². The first-order valence-corrected chi connectivity index (χ1v) is 6.88. The van der Waals surface area contributed by atoms with E-state index < -0.39 is 0 Å². The second-order valence-electron chi connectivity index (χ2n) is 3.24. The Morgan fingerprint density at radius 3 is 2.75 bits per heavy atom. The zero-order valence-electron chi connectivity index (χ0n) is 10.5. The summed E-state index contributed by atoms with van der Waals surface area (Å²) in [6.07, 6.45) is 0.807. The van der Waals surface area contributed by atoms with Gasteiger partial charge < -0.3 is 14.8 Å². The van der Waals surface area contributed by atoms with Gasteiger partial charge in [-0.2, -0.15) is 11.8 Å². The fourth-order valence-corrected chi connectivity index (χ4v) is 1.92. The number of hydrogen-bond acceptors (Lipinski definition) is 5. The van der Waals surface area contributed by atoms with E-state index >= 15 is 0 Å². The van der Waals surface area contributed by atoms with Gasteiger partial charge in [0.2, 0.25) is 0 Å². The number of methoxy groups -OCH3 is 1. The smallest absolute Gasteiger partial charge is 0.323 e. The Balaban J connectivity index is 3.89.